The summed E-state index contributed by atoms with van der Waals surface area (Å²) < 4.78 is 53.7. The van der Waals surface area contributed by atoms with Crippen LogP contribution in [0.3, 0.4) is 0 Å². The first-order valence-corrected chi connectivity index (χ1v) is 8.28. The van der Waals surface area contributed by atoms with Crippen molar-refractivity contribution in [2.24, 2.45) is 0 Å². The average Bonchev–Trinajstić information content (AvgIpc) is 2.66. The molecular formula is C12H13F2N3O2S2. The summed E-state index contributed by atoms with van der Waals surface area (Å²) in [6.07, 6.45) is 0.634. The number of benzene rings is 1. The van der Waals surface area contributed by atoms with Crippen LogP contribution in [0.1, 0.15) is 17.5 Å². The molecule has 3 N–H and O–H groups in total. The van der Waals surface area contributed by atoms with Crippen LogP contribution >= 0.6 is 11.3 Å². The smallest absolute Gasteiger partial charge is 0.269 e. The van der Waals surface area contributed by atoms with Gasteiger partial charge in [-0.1, -0.05) is 6.92 Å². The van der Waals surface area contributed by atoms with E-state index in [1.54, 1.807) is 6.92 Å². The minimum Gasteiger partial charge on any atom is -0.399 e. The second kappa shape index (κ2) is 5.57. The van der Waals surface area contributed by atoms with Crippen molar-refractivity contribution in [1.82, 2.24) is 4.98 Å². The molecule has 0 unspecified atom stereocenters. The number of aryl methyl sites for hydroxylation is 2. The second-order valence-electron chi connectivity index (χ2n) is 4.29. The van der Waals surface area contributed by atoms with Gasteiger partial charge in [0, 0.05) is 10.6 Å². The molecule has 0 amide bonds. The third-order valence-electron chi connectivity index (χ3n) is 2.74. The third kappa shape index (κ3) is 3.13. The van der Waals surface area contributed by atoms with Gasteiger partial charge < -0.3 is 5.73 Å². The van der Waals surface area contributed by atoms with Gasteiger partial charge in [-0.05, 0) is 25.5 Å². The van der Waals surface area contributed by atoms with Crippen molar-refractivity contribution in [3.05, 3.63) is 34.3 Å². The van der Waals surface area contributed by atoms with Crippen molar-refractivity contribution in [1.29, 1.82) is 0 Å². The van der Waals surface area contributed by atoms with E-state index < -0.39 is 26.6 Å². The Balaban J connectivity index is 2.43. The summed E-state index contributed by atoms with van der Waals surface area (Å²) >= 11 is 1.10. The highest BCUT2D eigenvalue weighted by molar-refractivity contribution is 7.93. The van der Waals surface area contributed by atoms with Crippen LogP contribution in [0.2, 0.25) is 0 Å². The highest BCUT2D eigenvalue weighted by atomic mass is 32.2. The number of halogens is 2. The monoisotopic (exact) mass is 333 g/mol. The van der Waals surface area contributed by atoms with Crippen LogP contribution in [-0.2, 0) is 16.4 Å². The summed E-state index contributed by atoms with van der Waals surface area (Å²) in [5.41, 5.74) is 5.80. The van der Waals surface area contributed by atoms with E-state index >= 15 is 0 Å². The number of aromatic nitrogens is 1. The zero-order valence-corrected chi connectivity index (χ0v) is 12.9. The van der Waals surface area contributed by atoms with Crippen molar-refractivity contribution >= 4 is 32.2 Å². The minimum absolute atomic E-state index is 0.0694. The fourth-order valence-corrected chi connectivity index (χ4v) is 4.06. The van der Waals surface area contributed by atoms with Crippen molar-refractivity contribution in [3.8, 4) is 0 Å². The number of thiazole rings is 1. The Kier molecular flexibility index (Phi) is 4.15. The van der Waals surface area contributed by atoms with E-state index in [0.29, 0.717) is 6.42 Å². The SMILES string of the molecule is CCc1nc(NS(=O)(=O)c2c(F)cc(N)cc2F)sc1C. The molecule has 0 aliphatic carbocycles. The van der Waals surface area contributed by atoms with Crippen LogP contribution in [-0.4, -0.2) is 13.4 Å². The number of hydrogen-bond donors (Lipinski definition) is 2. The molecule has 0 aliphatic heterocycles. The van der Waals surface area contributed by atoms with Crippen molar-refractivity contribution in [2.45, 2.75) is 25.2 Å². The van der Waals surface area contributed by atoms with E-state index in [0.717, 1.165) is 34.0 Å². The maximum Gasteiger partial charge on any atom is 0.269 e. The highest BCUT2D eigenvalue weighted by Crippen LogP contribution is 2.27. The Labute approximate surface area is 124 Å². The molecule has 9 heteroatoms. The lowest BCUT2D eigenvalue weighted by atomic mass is 10.3. The molecule has 0 saturated carbocycles. The Morgan fingerprint density at radius 1 is 1.33 bits per heavy atom. The molecule has 2 rings (SSSR count). The summed E-state index contributed by atoms with van der Waals surface area (Å²) in [6, 6.07) is 1.50. The number of rotatable bonds is 4. The molecule has 0 bridgehead atoms. The second-order valence-corrected chi connectivity index (χ2v) is 7.12. The largest absolute Gasteiger partial charge is 0.399 e. The predicted molar refractivity (Wildman–Crippen MR) is 77.8 cm³/mol. The van der Waals surface area contributed by atoms with Crippen LogP contribution < -0.4 is 10.5 Å². The van der Waals surface area contributed by atoms with Gasteiger partial charge in [0.1, 0.15) is 11.6 Å². The number of sulfonamides is 1. The lowest BCUT2D eigenvalue weighted by Gasteiger charge is -2.08. The number of anilines is 2. The van der Waals surface area contributed by atoms with E-state index in [4.69, 9.17) is 5.73 Å². The number of hydrogen-bond acceptors (Lipinski definition) is 5. The molecule has 21 heavy (non-hydrogen) atoms. The fourth-order valence-electron chi connectivity index (χ4n) is 1.80. The number of nitrogens with one attached hydrogen (secondary N) is 1. The van der Waals surface area contributed by atoms with Gasteiger partial charge in [-0.25, -0.2) is 22.2 Å². The van der Waals surface area contributed by atoms with Gasteiger partial charge in [0.05, 0.1) is 5.69 Å². The first-order chi connectivity index (χ1) is 9.74. The van der Waals surface area contributed by atoms with Crippen LogP contribution in [0.15, 0.2) is 17.0 Å². The minimum atomic E-state index is -4.41. The lowest BCUT2D eigenvalue weighted by molar-refractivity contribution is 0.522. The topological polar surface area (TPSA) is 85.1 Å². The van der Waals surface area contributed by atoms with Crippen molar-refractivity contribution < 1.29 is 17.2 Å². The molecule has 0 atom stereocenters. The lowest BCUT2D eigenvalue weighted by Crippen LogP contribution is -2.16. The molecule has 2 aromatic rings. The van der Waals surface area contributed by atoms with Gasteiger partial charge in [-0.3, -0.25) is 4.72 Å². The molecule has 1 aromatic carbocycles. The van der Waals surface area contributed by atoms with E-state index in [-0.39, 0.29) is 10.8 Å². The summed E-state index contributed by atoms with van der Waals surface area (Å²) in [4.78, 5) is 3.85. The van der Waals surface area contributed by atoms with Gasteiger partial charge in [0.25, 0.3) is 10.0 Å². The summed E-state index contributed by atoms with van der Waals surface area (Å²) in [5, 5.41) is 0.0694. The molecule has 0 spiro atoms. The number of nitrogen functional groups attached to an aromatic ring is 1. The maximum atomic E-state index is 13.7. The van der Waals surface area contributed by atoms with Crippen LogP contribution in [0.5, 0.6) is 0 Å². The Morgan fingerprint density at radius 3 is 2.38 bits per heavy atom. The third-order valence-corrected chi connectivity index (χ3v) is 5.19. The van der Waals surface area contributed by atoms with E-state index in [1.807, 2.05) is 6.92 Å². The number of nitrogens with two attached hydrogens (primary N) is 1. The molecular weight excluding hydrogens is 320 g/mol. The maximum absolute atomic E-state index is 13.7. The van der Waals surface area contributed by atoms with Crippen LogP contribution in [0.4, 0.5) is 19.6 Å². The molecule has 0 radical (unpaired) electrons. The standard InChI is InChI=1S/C12H13F2N3O2S2/c1-3-10-6(2)20-12(16-10)17-21(18,19)11-8(13)4-7(15)5-9(11)14/h4-5H,3,15H2,1-2H3,(H,16,17). The normalized spacial score (nSPS) is 11.6. The fraction of sp³-hybridized carbons (Fsp3) is 0.250. The van der Waals surface area contributed by atoms with Gasteiger partial charge in [-0.2, -0.15) is 0 Å². The van der Waals surface area contributed by atoms with Gasteiger partial charge in [-0.15, -0.1) is 11.3 Å². The van der Waals surface area contributed by atoms with Crippen molar-refractivity contribution in [3.63, 3.8) is 0 Å². The van der Waals surface area contributed by atoms with Crippen LogP contribution in [0, 0.1) is 18.6 Å². The van der Waals surface area contributed by atoms with E-state index in [1.165, 1.54) is 0 Å². The molecule has 1 aromatic heterocycles. The summed E-state index contributed by atoms with van der Waals surface area (Å²) in [7, 11) is -4.41. The average molecular weight is 333 g/mol. The number of nitrogens with zero attached hydrogens (tertiary/aromatic N) is 1. The summed E-state index contributed by atoms with van der Waals surface area (Å²) in [5.74, 6) is -2.49. The molecule has 114 valence electrons. The molecule has 5 nitrogen and oxygen atoms in total. The Morgan fingerprint density at radius 2 is 1.90 bits per heavy atom. The zero-order chi connectivity index (χ0) is 15.8. The van der Waals surface area contributed by atoms with Gasteiger partial charge >= 0.3 is 0 Å². The quantitative estimate of drug-likeness (QED) is 0.843. The Bertz CT molecular complexity index is 765. The first kappa shape index (κ1) is 15.6. The van der Waals surface area contributed by atoms with E-state index in [9.17, 15) is 17.2 Å². The molecule has 0 saturated heterocycles. The van der Waals surface area contributed by atoms with Crippen LogP contribution in [0.25, 0.3) is 0 Å². The molecule has 0 aliphatic rings. The van der Waals surface area contributed by atoms with E-state index in [2.05, 4.69) is 9.71 Å². The zero-order valence-electron chi connectivity index (χ0n) is 11.3. The molecule has 0 fully saturated rings. The molecule has 1 heterocycles. The van der Waals surface area contributed by atoms with Gasteiger partial charge in [0.2, 0.25) is 0 Å². The highest BCUT2D eigenvalue weighted by Gasteiger charge is 2.26. The predicted octanol–water partition coefficient (Wildman–Crippen LogP) is 2.68. The van der Waals surface area contributed by atoms with Gasteiger partial charge in [0.15, 0.2) is 10.0 Å². The first-order valence-electron chi connectivity index (χ1n) is 5.98. The van der Waals surface area contributed by atoms with Crippen molar-refractivity contribution in [2.75, 3.05) is 10.5 Å². The Hall–Kier alpha value is -1.74. The summed E-state index contributed by atoms with van der Waals surface area (Å²) in [6.45, 7) is 3.67.